The summed E-state index contributed by atoms with van der Waals surface area (Å²) < 4.78 is 27.6. The Morgan fingerprint density at radius 3 is 2.56 bits per heavy atom. The fourth-order valence-electron chi connectivity index (χ4n) is 3.35. The summed E-state index contributed by atoms with van der Waals surface area (Å²) in [6.07, 6.45) is -0.0383. The number of carbonyl (C=O) groups excluding carboxylic acids is 1. The largest absolute Gasteiger partial charge is 0.477 e. The van der Waals surface area contributed by atoms with Crippen molar-refractivity contribution in [2.24, 2.45) is 0 Å². The van der Waals surface area contributed by atoms with Crippen molar-refractivity contribution in [1.82, 2.24) is 0 Å². The van der Waals surface area contributed by atoms with Crippen molar-refractivity contribution in [1.29, 1.82) is 0 Å². The van der Waals surface area contributed by atoms with Gasteiger partial charge in [0.2, 0.25) is 5.91 Å². The van der Waals surface area contributed by atoms with Gasteiger partial charge in [0.15, 0.2) is 0 Å². The van der Waals surface area contributed by atoms with Crippen molar-refractivity contribution in [2.75, 3.05) is 5.32 Å². The van der Waals surface area contributed by atoms with E-state index in [0.717, 1.165) is 23.5 Å². The summed E-state index contributed by atoms with van der Waals surface area (Å²) in [5.41, 5.74) is 1.61. The molecule has 2 N–H and O–H groups in total. The Balaban J connectivity index is 1.95. The summed E-state index contributed by atoms with van der Waals surface area (Å²) in [5.74, 6) is -3.61. The van der Waals surface area contributed by atoms with E-state index in [0.29, 0.717) is 21.7 Å². The molecule has 4 rings (SSSR count). The number of fused-ring (bicyclic) bond motifs is 1. The predicted molar refractivity (Wildman–Crippen MR) is 98.2 cm³/mol. The van der Waals surface area contributed by atoms with Gasteiger partial charge in [-0.15, -0.1) is 11.3 Å². The van der Waals surface area contributed by atoms with Crippen LogP contribution in [0.15, 0.2) is 48.5 Å². The summed E-state index contributed by atoms with van der Waals surface area (Å²) in [5, 5.41) is 12.4. The van der Waals surface area contributed by atoms with Crippen LogP contribution in [0.25, 0.3) is 11.1 Å². The molecule has 0 aliphatic carbocycles. The Kier molecular flexibility index (Phi) is 4.24. The van der Waals surface area contributed by atoms with Gasteiger partial charge >= 0.3 is 5.97 Å². The molecule has 1 atom stereocenters. The van der Waals surface area contributed by atoms with Crippen molar-refractivity contribution in [3.8, 4) is 11.1 Å². The lowest BCUT2D eigenvalue weighted by atomic mass is 9.88. The Labute approximate surface area is 157 Å². The highest BCUT2D eigenvalue weighted by Gasteiger charge is 2.35. The topological polar surface area (TPSA) is 66.4 Å². The molecule has 0 saturated heterocycles. The van der Waals surface area contributed by atoms with Crippen LogP contribution in [0, 0.1) is 11.6 Å². The van der Waals surface area contributed by atoms with E-state index in [2.05, 4.69) is 5.32 Å². The maximum atomic E-state index is 14.4. The number of anilines is 1. The fourth-order valence-corrected chi connectivity index (χ4v) is 4.59. The van der Waals surface area contributed by atoms with Gasteiger partial charge in [-0.2, -0.15) is 0 Å². The van der Waals surface area contributed by atoms with E-state index in [4.69, 9.17) is 0 Å². The van der Waals surface area contributed by atoms with Gasteiger partial charge in [0, 0.05) is 28.8 Å². The number of hydrogen-bond donors (Lipinski definition) is 2. The second kappa shape index (κ2) is 6.59. The fraction of sp³-hybridized carbons (Fsp3) is 0.100. The minimum atomic E-state index is -1.12. The molecule has 2 heterocycles. The van der Waals surface area contributed by atoms with Crippen LogP contribution in [-0.4, -0.2) is 17.0 Å². The lowest BCUT2D eigenvalue weighted by Gasteiger charge is -2.24. The average Bonchev–Trinajstić information content (AvgIpc) is 3.01. The van der Waals surface area contributed by atoms with Crippen LogP contribution < -0.4 is 5.32 Å². The number of thiophene rings is 1. The first-order chi connectivity index (χ1) is 13.0. The van der Waals surface area contributed by atoms with Gasteiger partial charge in [-0.3, -0.25) is 4.79 Å². The predicted octanol–water partition coefficient (Wildman–Crippen LogP) is 4.87. The van der Waals surface area contributed by atoms with Gasteiger partial charge in [-0.1, -0.05) is 36.4 Å². The van der Waals surface area contributed by atoms with Gasteiger partial charge < -0.3 is 10.4 Å². The summed E-state index contributed by atoms with van der Waals surface area (Å²) in [6.45, 7) is 0. The van der Waals surface area contributed by atoms with Crippen LogP contribution >= 0.6 is 11.3 Å². The number of carboxylic acid groups (broad SMARTS) is 1. The van der Waals surface area contributed by atoms with Crippen LogP contribution in [0.4, 0.5) is 14.5 Å². The second-order valence-corrected chi connectivity index (χ2v) is 7.24. The molecule has 3 aromatic rings. The molecule has 7 heteroatoms. The number of hydrogen-bond acceptors (Lipinski definition) is 3. The van der Waals surface area contributed by atoms with Crippen LogP contribution in [0.2, 0.25) is 0 Å². The Morgan fingerprint density at radius 2 is 1.89 bits per heavy atom. The molecule has 0 saturated carbocycles. The van der Waals surface area contributed by atoms with E-state index in [-0.39, 0.29) is 22.8 Å². The second-order valence-electron chi connectivity index (χ2n) is 6.19. The lowest BCUT2D eigenvalue weighted by Crippen LogP contribution is -2.23. The molecule has 0 spiro atoms. The van der Waals surface area contributed by atoms with E-state index in [9.17, 15) is 23.5 Å². The highest BCUT2D eigenvalue weighted by Crippen LogP contribution is 2.49. The molecule has 0 radical (unpaired) electrons. The van der Waals surface area contributed by atoms with Crippen molar-refractivity contribution < 1.29 is 23.5 Å². The third-order valence-corrected chi connectivity index (χ3v) is 5.79. The van der Waals surface area contributed by atoms with E-state index in [1.807, 2.05) is 0 Å². The molecule has 4 nitrogen and oxygen atoms in total. The molecule has 1 aliphatic rings. The molecule has 136 valence electrons. The summed E-state index contributed by atoms with van der Waals surface area (Å²) in [4.78, 5) is 24.7. The zero-order valence-electron chi connectivity index (χ0n) is 13.8. The van der Waals surface area contributed by atoms with E-state index >= 15 is 0 Å². The first-order valence-corrected chi connectivity index (χ1v) is 8.97. The van der Waals surface area contributed by atoms with Crippen molar-refractivity contribution in [3.05, 3.63) is 75.5 Å². The van der Waals surface area contributed by atoms with E-state index in [1.165, 1.54) is 6.07 Å². The lowest BCUT2D eigenvalue weighted by molar-refractivity contribution is -0.116. The molecule has 2 aromatic carbocycles. The quantitative estimate of drug-likeness (QED) is 0.676. The minimum Gasteiger partial charge on any atom is -0.477 e. The normalized spacial score (nSPS) is 15.9. The van der Waals surface area contributed by atoms with Gasteiger partial charge in [-0.25, -0.2) is 13.6 Å². The van der Waals surface area contributed by atoms with Crippen LogP contribution in [0.1, 0.15) is 32.5 Å². The SMILES string of the molecule is O=C1C[C@@H](c2ccc(F)cc2F)c2sc(C(=O)O)c(-c3ccccc3)c2N1. The minimum absolute atomic E-state index is 0.0383. The number of halogens is 2. The van der Waals surface area contributed by atoms with Gasteiger partial charge in [0.25, 0.3) is 0 Å². The van der Waals surface area contributed by atoms with E-state index in [1.54, 1.807) is 30.3 Å². The Bertz CT molecular complexity index is 1060. The molecule has 0 bridgehead atoms. The Morgan fingerprint density at radius 1 is 1.15 bits per heavy atom. The smallest absolute Gasteiger partial charge is 0.346 e. The highest BCUT2D eigenvalue weighted by molar-refractivity contribution is 7.15. The number of benzene rings is 2. The van der Waals surface area contributed by atoms with Crippen LogP contribution in [-0.2, 0) is 4.79 Å². The Hall–Kier alpha value is -3.06. The summed E-state index contributed by atoms with van der Waals surface area (Å²) in [7, 11) is 0. The molecular weight excluding hydrogens is 372 g/mol. The van der Waals surface area contributed by atoms with Crippen molar-refractivity contribution in [3.63, 3.8) is 0 Å². The number of rotatable bonds is 3. The molecule has 1 aromatic heterocycles. The van der Waals surface area contributed by atoms with Crippen molar-refractivity contribution in [2.45, 2.75) is 12.3 Å². The number of carboxylic acids is 1. The summed E-state index contributed by atoms with van der Waals surface area (Å²) in [6, 6.07) is 12.1. The van der Waals surface area contributed by atoms with Crippen LogP contribution in [0.5, 0.6) is 0 Å². The molecule has 0 unspecified atom stereocenters. The van der Waals surface area contributed by atoms with Gasteiger partial charge in [0.05, 0.1) is 5.69 Å². The first kappa shape index (κ1) is 17.4. The first-order valence-electron chi connectivity index (χ1n) is 8.16. The molecule has 1 aliphatic heterocycles. The zero-order valence-corrected chi connectivity index (χ0v) is 14.6. The third-order valence-electron chi connectivity index (χ3n) is 4.50. The molecule has 27 heavy (non-hydrogen) atoms. The average molecular weight is 385 g/mol. The van der Waals surface area contributed by atoms with Crippen molar-refractivity contribution >= 4 is 28.9 Å². The van der Waals surface area contributed by atoms with Crippen LogP contribution in [0.3, 0.4) is 0 Å². The maximum absolute atomic E-state index is 14.4. The van der Waals surface area contributed by atoms with Gasteiger partial charge in [0.1, 0.15) is 16.5 Å². The summed E-state index contributed by atoms with van der Waals surface area (Å²) >= 11 is 1.01. The number of nitrogens with one attached hydrogen (secondary N) is 1. The molecule has 0 fully saturated rings. The molecule has 1 amide bonds. The third kappa shape index (κ3) is 3.00. The monoisotopic (exact) mass is 385 g/mol. The highest BCUT2D eigenvalue weighted by atomic mass is 32.1. The number of carbonyl (C=O) groups is 2. The van der Waals surface area contributed by atoms with Gasteiger partial charge in [-0.05, 0) is 17.2 Å². The number of amides is 1. The zero-order chi connectivity index (χ0) is 19.1. The number of aromatic carboxylic acids is 1. The van der Waals surface area contributed by atoms with E-state index < -0.39 is 23.5 Å². The molecular formula is C20H13F2NO3S. The maximum Gasteiger partial charge on any atom is 0.346 e. The standard InChI is InChI=1S/C20H13F2NO3S/c21-11-6-7-12(14(22)8-11)13-9-15(24)23-17-16(10-4-2-1-3-5-10)19(20(25)26)27-18(13)17/h1-8,13H,9H2,(H,23,24)(H,25,26)/t13-/m0/s1.